The van der Waals surface area contributed by atoms with E-state index in [1.54, 1.807) is 0 Å². The van der Waals surface area contributed by atoms with Gasteiger partial charge in [-0.3, -0.25) is 4.79 Å². The number of carbonyl (C=O) groups excluding carboxylic acids is 1. The molecule has 0 aliphatic heterocycles. The number of anilines is 1. The van der Waals surface area contributed by atoms with Crippen LogP contribution >= 0.6 is 0 Å². The molecule has 0 aliphatic carbocycles. The fourth-order valence-electron chi connectivity index (χ4n) is 1.88. The first-order valence-electron chi connectivity index (χ1n) is 6.06. The second-order valence-electron chi connectivity index (χ2n) is 4.05. The summed E-state index contributed by atoms with van der Waals surface area (Å²) < 4.78 is 4.64. The maximum Gasteiger partial charge on any atom is 0.305 e. The number of methoxy groups -OCH3 is 1. The number of hydrogen-bond donors (Lipinski definition) is 0. The number of benzene rings is 1. The van der Waals surface area contributed by atoms with E-state index in [2.05, 4.69) is 35.6 Å². The van der Waals surface area contributed by atoms with Crippen molar-refractivity contribution >= 4 is 11.7 Å². The zero-order valence-electron chi connectivity index (χ0n) is 10.9. The molecule has 0 bridgehead atoms. The molecule has 0 aliphatic rings. The number of hydrogen-bond acceptors (Lipinski definition) is 3. The maximum atomic E-state index is 11.0. The standard InChI is InChI=1S/C14H21NO2/c1-4-15(11-7-10-14(16)17-3)13-9-6-5-8-12(13)2/h5-6,8-9H,4,7,10-11H2,1-3H3. The van der Waals surface area contributed by atoms with E-state index in [4.69, 9.17) is 0 Å². The van der Waals surface area contributed by atoms with Crippen molar-refractivity contribution in [1.29, 1.82) is 0 Å². The van der Waals surface area contributed by atoms with E-state index in [0.29, 0.717) is 6.42 Å². The number of rotatable bonds is 6. The van der Waals surface area contributed by atoms with E-state index in [1.807, 2.05) is 12.1 Å². The highest BCUT2D eigenvalue weighted by Crippen LogP contribution is 2.19. The van der Waals surface area contributed by atoms with Gasteiger partial charge in [0.2, 0.25) is 0 Å². The highest BCUT2D eigenvalue weighted by Gasteiger charge is 2.07. The third kappa shape index (κ3) is 4.10. The van der Waals surface area contributed by atoms with Crippen LogP contribution in [-0.2, 0) is 9.53 Å². The largest absolute Gasteiger partial charge is 0.469 e. The van der Waals surface area contributed by atoms with E-state index in [-0.39, 0.29) is 5.97 Å². The van der Waals surface area contributed by atoms with E-state index in [9.17, 15) is 4.79 Å². The summed E-state index contributed by atoms with van der Waals surface area (Å²) in [5.74, 6) is -0.133. The molecule has 0 N–H and O–H groups in total. The Morgan fingerprint density at radius 1 is 1.35 bits per heavy atom. The van der Waals surface area contributed by atoms with Gasteiger partial charge in [0.1, 0.15) is 0 Å². The summed E-state index contributed by atoms with van der Waals surface area (Å²) in [5, 5.41) is 0. The minimum absolute atomic E-state index is 0.133. The molecule has 0 aromatic heterocycles. The number of para-hydroxylation sites is 1. The molecule has 0 fully saturated rings. The Balaban J connectivity index is 2.55. The second kappa shape index (κ2) is 6.94. The van der Waals surface area contributed by atoms with Crippen LogP contribution in [0.3, 0.4) is 0 Å². The molecular weight excluding hydrogens is 214 g/mol. The van der Waals surface area contributed by atoms with Crippen molar-refractivity contribution in [3.8, 4) is 0 Å². The highest BCUT2D eigenvalue weighted by atomic mass is 16.5. The van der Waals surface area contributed by atoms with E-state index in [1.165, 1.54) is 18.4 Å². The van der Waals surface area contributed by atoms with Crippen LogP contribution in [0.25, 0.3) is 0 Å². The summed E-state index contributed by atoms with van der Waals surface area (Å²) in [7, 11) is 1.43. The Morgan fingerprint density at radius 2 is 2.06 bits per heavy atom. The molecule has 1 rings (SSSR count). The van der Waals surface area contributed by atoms with Gasteiger partial charge in [-0.05, 0) is 31.9 Å². The molecule has 94 valence electrons. The molecule has 1 aromatic rings. The van der Waals surface area contributed by atoms with Crippen molar-refractivity contribution < 1.29 is 9.53 Å². The summed E-state index contributed by atoms with van der Waals surface area (Å²) in [5.41, 5.74) is 2.52. The normalized spacial score (nSPS) is 10.1. The molecule has 0 saturated carbocycles. The van der Waals surface area contributed by atoms with Gasteiger partial charge >= 0.3 is 5.97 Å². The molecule has 1 aromatic carbocycles. The molecule has 0 amide bonds. The number of esters is 1. The van der Waals surface area contributed by atoms with Crippen LogP contribution in [0.4, 0.5) is 5.69 Å². The molecule has 0 atom stereocenters. The average Bonchev–Trinajstić information content (AvgIpc) is 2.35. The lowest BCUT2D eigenvalue weighted by atomic mass is 10.1. The topological polar surface area (TPSA) is 29.5 Å². The summed E-state index contributed by atoms with van der Waals surface area (Å²) in [6, 6.07) is 8.32. The van der Waals surface area contributed by atoms with Gasteiger partial charge in [-0.15, -0.1) is 0 Å². The smallest absolute Gasteiger partial charge is 0.305 e. The Bertz CT molecular complexity index is 363. The molecule has 3 nitrogen and oxygen atoms in total. The lowest BCUT2D eigenvalue weighted by molar-refractivity contribution is -0.140. The SMILES string of the molecule is CCN(CCCC(=O)OC)c1ccccc1C. The third-order valence-corrected chi connectivity index (χ3v) is 2.87. The van der Waals surface area contributed by atoms with E-state index in [0.717, 1.165) is 19.5 Å². The van der Waals surface area contributed by atoms with E-state index >= 15 is 0 Å². The van der Waals surface area contributed by atoms with Crippen molar-refractivity contribution in [3.05, 3.63) is 29.8 Å². The van der Waals surface area contributed by atoms with Crippen LogP contribution < -0.4 is 4.90 Å². The molecule has 17 heavy (non-hydrogen) atoms. The zero-order chi connectivity index (χ0) is 12.7. The number of nitrogens with zero attached hydrogens (tertiary/aromatic N) is 1. The van der Waals surface area contributed by atoms with Crippen molar-refractivity contribution in [2.24, 2.45) is 0 Å². The van der Waals surface area contributed by atoms with Gasteiger partial charge in [0.15, 0.2) is 0 Å². The fourth-order valence-corrected chi connectivity index (χ4v) is 1.88. The minimum atomic E-state index is -0.133. The Kier molecular flexibility index (Phi) is 5.53. The number of carbonyl (C=O) groups is 1. The average molecular weight is 235 g/mol. The monoisotopic (exact) mass is 235 g/mol. The lowest BCUT2D eigenvalue weighted by Crippen LogP contribution is -2.25. The van der Waals surface area contributed by atoms with Gasteiger partial charge in [-0.1, -0.05) is 18.2 Å². The van der Waals surface area contributed by atoms with Crippen LogP contribution in [0.5, 0.6) is 0 Å². The first-order valence-corrected chi connectivity index (χ1v) is 6.06. The molecule has 0 saturated heterocycles. The molecule has 0 spiro atoms. The summed E-state index contributed by atoms with van der Waals surface area (Å²) >= 11 is 0. The lowest BCUT2D eigenvalue weighted by Gasteiger charge is -2.24. The quantitative estimate of drug-likeness (QED) is 0.710. The number of aryl methyl sites for hydroxylation is 1. The van der Waals surface area contributed by atoms with Crippen molar-refractivity contribution in [2.45, 2.75) is 26.7 Å². The first-order chi connectivity index (χ1) is 8.19. The predicted octanol–water partition coefficient (Wildman–Crippen LogP) is 2.77. The number of ether oxygens (including phenoxy) is 1. The van der Waals surface area contributed by atoms with Crippen molar-refractivity contribution in [2.75, 3.05) is 25.1 Å². The van der Waals surface area contributed by atoms with Gasteiger partial charge in [0.05, 0.1) is 7.11 Å². The molecular formula is C14H21NO2. The van der Waals surface area contributed by atoms with Crippen molar-refractivity contribution in [3.63, 3.8) is 0 Å². The predicted molar refractivity (Wildman–Crippen MR) is 70.3 cm³/mol. The van der Waals surface area contributed by atoms with Crippen LogP contribution in [0.2, 0.25) is 0 Å². The molecule has 0 unspecified atom stereocenters. The second-order valence-corrected chi connectivity index (χ2v) is 4.05. The summed E-state index contributed by atoms with van der Waals surface area (Å²) in [4.78, 5) is 13.3. The Hall–Kier alpha value is -1.51. The fraction of sp³-hybridized carbons (Fsp3) is 0.500. The van der Waals surface area contributed by atoms with Crippen LogP contribution in [0.15, 0.2) is 24.3 Å². The first kappa shape index (κ1) is 13.6. The van der Waals surface area contributed by atoms with Gasteiger partial charge in [0, 0.05) is 25.2 Å². The Morgan fingerprint density at radius 3 is 2.65 bits per heavy atom. The van der Waals surface area contributed by atoms with Crippen LogP contribution in [0.1, 0.15) is 25.3 Å². The van der Waals surface area contributed by atoms with E-state index < -0.39 is 0 Å². The van der Waals surface area contributed by atoms with Gasteiger partial charge in [-0.2, -0.15) is 0 Å². The van der Waals surface area contributed by atoms with Gasteiger partial charge in [0.25, 0.3) is 0 Å². The maximum absolute atomic E-state index is 11.0. The van der Waals surface area contributed by atoms with Crippen LogP contribution in [0, 0.1) is 6.92 Å². The minimum Gasteiger partial charge on any atom is -0.469 e. The molecule has 0 radical (unpaired) electrons. The summed E-state index contributed by atoms with van der Waals surface area (Å²) in [6.45, 7) is 6.07. The van der Waals surface area contributed by atoms with Gasteiger partial charge in [-0.25, -0.2) is 0 Å². The third-order valence-electron chi connectivity index (χ3n) is 2.87. The molecule has 0 heterocycles. The molecule has 3 heteroatoms. The van der Waals surface area contributed by atoms with Crippen molar-refractivity contribution in [1.82, 2.24) is 0 Å². The Labute approximate surface area is 103 Å². The zero-order valence-corrected chi connectivity index (χ0v) is 10.9. The van der Waals surface area contributed by atoms with Crippen LogP contribution in [-0.4, -0.2) is 26.2 Å². The summed E-state index contributed by atoms with van der Waals surface area (Å²) in [6.07, 6.45) is 1.31. The van der Waals surface area contributed by atoms with Gasteiger partial charge < -0.3 is 9.64 Å². The highest BCUT2D eigenvalue weighted by molar-refractivity contribution is 5.69.